The summed E-state index contributed by atoms with van der Waals surface area (Å²) in [5.41, 5.74) is 2.82. The van der Waals surface area contributed by atoms with Crippen molar-refractivity contribution in [1.82, 2.24) is 14.8 Å². The Balaban J connectivity index is 1.95. The number of benzene rings is 1. The number of hydrogen-bond donors (Lipinski definition) is 1. The van der Waals surface area contributed by atoms with Crippen LogP contribution < -0.4 is 10.1 Å². The quantitative estimate of drug-likeness (QED) is 0.804. The first-order chi connectivity index (χ1) is 11.2. The normalized spacial score (nSPS) is 10.3. The van der Waals surface area contributed by atoms with Crippen LogP contribution in [-0.2, 0) is 7.05 Å². The predicted octanol–water partition coefficient (Wildman–Crippen LogP) is 2.74. The Morgan fingerprint density at radius 1 is 1.22 bits per heavy atom. The third-order valence-electron chi connectivity index (χ3n) is 3.39. The second kappa shape index (κ2) is 6.31. The van der Waals surface area contributed by atoms with Crippen LogP contribution in [0, 0.1) is 0 Å². The molecule has 0 saturated heterocycles. The number of anilines is 1. The largest absolute Gasteiger partial charge is 0.495 e. The van der Waals surface area contributed by atoms with E-state index in [0.29, 0.717) is 17.0 Å². The first-order valence-electron chi connectivity index (χ1n) is 7.06. The molecule has 0 aliphatic rings. The Morgan fingerprint density at radius 3 is 2.78 bits per heavy atom. The van der Waals surface area contributed by atoms with Gasteiger partial charge in [0.2, 0.25) is 0 Å². The van der Waals surface area contributed by atoms with Gasteiger partial charge in [0, 0.05) is 30.6 Å². The van der Waals surface area contributed by atoms with Crippen LogP contribution in [0.1, 0.15) is 10.4 Å². The summed E-state index contributed by atoms with van der Waals surface area (Å²) in [6.07, 6.45) is 6.68. The van der Waals surface area contributed by atoms with E-state index in [1.807, 2.05) is 24.3 Å². The minimum Gasteiger partial charge on any atom is -0.495 e. The van der Waals surface area contributed by atoms with Crippen molar-refractivity contribution < 1.29 is 9.53 Å². The number of nitrogens with zero attached hydrogens (tertiary/aromatic N) is 3. The number of rotatable bonds is 4. The molecule has 0 aliphatic carbocycles. The summed E-state index contributed by atoms with van der Waals surface area (Å²) in [4.78, 5) is 16.7. The summed E-state index contributed by atoms with van der Waals surface area (Å²) in [5.74, 6) is 0.446. The molecule has 0 unspecified atom stereocenters. The predicted molar refractivity (Wildman–Crippen MR) is 87.4 cm³/mol. The second-order valence-corrected chi connectivity index (χ2v) is 5.02. The van der Waals surface area contributed by atoms with Crippen molar-refractivity contribution in [3.8, 4) is 16.9 Å². The molecule has 0 bridgehead atoms. The standard InChI is InChI=1S/C17H16N4O2/c1-21-11-13(9-19-21)20-17(22)16-6-4-3-5-15(16)12-7-14(23-2)10-18-8-12/h3-11H,1-2H3,(H,20,22). The molecule has 0 fully saturated rings. The molecular weight excluding hydrogens is 292 g/mol. The number of carbonyl (C=O) groups is 1. The zero-order chi connectivity index (χ0) is 16.2. The van der Waals surface area contributed by atoms with Gasteiger partial charge >= 0.3 is 0 Å². The zero-order valence-corrected chi connectivity index (χ0v) is 12.9. The van der Waals surface area contributed by atoms with Crippen molar-refractivity contribution in [2.45, 2.75) is 0 Å². The molecule has 3 aromatic rings. The first kappa shape index (κ1) is 14.8. The van der Waals surface area contributed by atoms with E-state index < -0.39 is 0 Å². The van der Waals surface area contributed by atoms with Crippen LogP contribution in [0.4, 0.5) is 5.69 Å². The lowest BCUT2D eigenvalue weighted by Crippen LogP contribution is -2.12. The SMILES string of the molecule is COc1cncc(-c2ccccc2C(=O)Nc2cnn(C)c2)c1. The molecule has 1 N–H and O–H groups in total. The lowest BCUT2D eigenvalue weighted by atomic mass is 10.0. The highest BCUT2D eigenvalue weighted by Gasteiger charge is 2.14. The first-order valence-corrected chi connectivity index (χ1v) is 7.06. The van der Waals surface area contributed by atoms with Crippen molar-refractivity contribution in [1.29, 1.82) is 0 Å². The fourth-order valence-electron chi connectivity index (χ4n) is 2.29. The van der Waals surface area contributed by atoms with E-state index in [-0.39, 0.29) is 5.91 Å². The minimum atomic E-state index is -0.198. The van der Waals surface area contributed by atoms with Crippen LogP contribution in [0.3, 0.4) is 0 Å². The molecule has 1 amide bonds. The summed E-state index contributed by atoms with van der Waals surface area (Å²) >= 11 is 0. The molecule has 23 heavy (non-hydrogen) atoms. The van der Waals surface area contributed by atoms with Gasteiger partial charge in [-0.15, -0.1) is 0 Å². The fourth-order valence-corrected chi connectivity index (χ4v) is 2.29. The topological polar surface area (TPSA) is 69.0 Å². The van der Waals surface area contributed by atoms with Gasteiger partial charge in [-0.25, -0.2) is 0 Å². The molecule has 0 radical (unpaired) electrons. The van der Waals surface area contributed by atoms with Crippen LogP contribution in [0.2, 0.25) is 0 Å². The lowest BCUT2D eigenvalue weighted by molar-refractivity contribution is 0.102. The molecule has 0 spiro atoms. The molecule has 3 rings (SSSR count). The van der Waals surface area contributed by atoms with Crippen molar-refractivity contribution >= 4 is 11.6 Å². The van der Waals surface area contributed by atoms with Gasteiger partial charge in [-0.2, -0.15) is 5.10 Å². The number of aryl methyl sites for hydroxylation is 1. The number of hydrogen-bond acceptors (Lipinski definition) is 4. The van der Waals surface area contributed by atoms with Gasteiger partial charge < -0.3 is 10.1 Å². The van der Waals surface area contributed by atoms with Gasteiger partial charge in [0.15, 0.2) is 0 Å². The van der Waals surface area contributed by atoms with Gasteiger partial charge in [0.05, 0.1) is 25.2 Å². The molecule has 0 saturated carbocycles. The van der Waals surface area contributed by atoms with Crippen molar-refractivity contribution in [2.75, 3.05) is 12.4 Å². The maximum Gasteiger partial charge on any atom is 0.256 e. The Morgan fingerprint density at radius 2 is 2.04 bits per heavy atom. The van der Waals surface area contributed by atoms with Gasteiger partial charge in [-0.3, -0.25) is 14.5 Å². The van der Waals surface area contributed by atoms with E-state index in [1.54, 1.807) is 49.7 Å². The summed E-state index contributed by atoms with van der Waals surface area (Å²) in [6.45, 7) is 0. The van der Waals surface area contributed by atoms with Crippen LogP contribution in [0.5, 0.6) is 5.75 Å². The van der Waals surface area contributed by atoms with Crippen LogP contribution in [0.25, 0.3) is 11.1 Å². The van der Waals surface area contributed by atoms with Crippen LogP contribution >= 0.6 is 0 Å². The fraction of sp³-hybridized carbons (Fsp3) is 0.118. The third-order valence-corrected chi connectivity index (χ3v) is 3.39. The summed E-state index contributed by atoms with van der Waals surface area (Å²) in [6, 6.07) is 9.23. The van der Waals surface area contributed by atoms with Crippen molar-refractivity contribution in [3.05, 3.63) is 60.7 Å². The molecule has 2 heterocycles. The molecule has 6 nitrogen and oxygen atoms in total. The lowest BCUT2D eigenvalue weighted by Gasteiger charge is -2.10. The van der Waals surface area contributed by atoms with Gasteiger partial charge in [-0.05, 0) is 17.7 Å². The average Bonchev–Trinajstić information content (AvgIpc) is 2.99. The smallest absolute Gasteiger partial charge is 0.256 e. The maximum atomic E-state index is 12.6. The monoisotopic (exact) mass is 308 g/mol. The van der Waals surface area contributed by atoms with E-state index in [0.717, 1.165) is 11.1 Å². The van der Waals surface area contributed by atoms with Crippen molar-refractivity contribution in [2.24, 2.45) is 7.05 Å². The Labute approximate surface area is 133 Å². The second-order valence-electron chi connectivity index (χ2n) is 5.02. The van der Waals surface area contributed by atoms with Crippen LogP contribution in [-0.4, -0.2) is 27.8 Å². The number of aromatic nitrogens is 3. The minimum absolute atomic E-state index is 0.198. The van der Waals surface area contributed by atoms with Gasteiger partial charge in [-0.1, -0.05) is 18.2 Å². The van der Waals surface area contributed by atoms with Gasteiger partial charge in [0.1, 0.15) is 5.75 Å². The van der Waals surface area contributed by atoms with E-state index in [1.165, 1.54) is 0 Å². The number of carbonyl (C=O) groups excluding carboxylic acids is 1. The summed E-state index contributed by atoms with van der Waals surface area (Å²) < 4.78 is 6.83. The third kappa shape index (κ3) is 3.21. The molecule has 0 aliphatic heterocycles. The van der Waals surface area contributed by atoms with E-state index in [4.69, 9.17) is 4.74 Å². The number of amides is 1. The summed E-state index contributed by atoms with van der Waals surface area (Å²) in [7, 11) is 3.38. The molecule has 2 aromatic heterocycles. The van der Waals surface area contributed by atoms with E-state index in [2.05, 4.69) is 15.4 Å². The molecule has 1 aromatic carbocycles. The Hall–Kier alpha value is -3.15. The highest BCUT2D eigenvalue weighted by atomic mass is 16.5. The average molecular weight is 308 g/mol. The van der Waals surface area contributed by atoms with Gasteiger partial charge in [0.25, 0.3) is 5.91 Å². The highest BCUT2D eigenvalue weighted by Crippen LogP contribution is 2.26. The number of nitrogens with one attached hydrogen (secondary N) is 1. The Kier molecular flexibility index (Phi) is 4.05. The van der Waals surface area contributed by atoms with E-state index in [9.17, 15) is 4.79 Å². The molecule has 6 heteroatoms. The summed E-state index contributed by atoms with van der Waals surface area (Å²) in [5, 5.41) is 6.89. The van der Waals surface area contributed by atoms with Crippen LogP contribution in [0.15, 0.2) is 55.1 Å². The van der Waals surface area contributed by atoms with E-state index >= 15 is 0 Å². The van der Waals surface area contributed by atoms with Crippen molar-refractivity contribution in [3.63, 3.8) is 0 Å². The Bertz CT molecular complexity index is 842. The highest BCUT2D eigenvalue weighted by molar-refractivity contribution is 6.08. The number of methoxy groups -OCH3 is 1. The molecule has 0 atom stereocenters. The number of pyridine rings is 1. The molecular formula is C17H16N4O2. The molecule has 116 valence electrons. The zero-order valence-electron chi connectivity index (χ0n) is 12.9. The number of ether oxygens (including phenoxy) is 1. The maximum absolute atomic E-state index is 12.6.